The molecule has 0 amide bonds. The lowest BCUT2D eigenvalue weighted by molar-refractivity contribution is 0.842. The van der Waals surface area contributed by atoms with Crippen LogP contribution in [0.2, 0.25) is 0 Å². The normalized spacial score (nSPS) is 10.8. The SMILES string of the molecule is CCc1c(SC)nn(-c2ccccc2)c1-c1ccccc1. The van der Waals surface area contributed by atoms with Gasteiger partial charge in [0.05, 0.1) is 11.4 Å². The molecule has 21 heavy (non-hydrogen) atoms. The molecule has 3 rings (SSSR count). The second kappa shape index (κ2) is 6.19. The number of para-hydroxylation sites is 1. The van der Waals surface area contributed by atoms with Gasteiger partial charge in [-0.25, -0.2) is 4.68 Å². The van der Waals surface area contributed by atoms with Gasteiger partial charge in [-0.3, -0.25) is 0 Å². The Morgan fingerprint density at radius 2 is 1.57 bits per heavy atom. The molecule has 0 aliphatic heterocycles. The van der Waals surface area contributed by atoms with Crippen LogP contribution in [-0.2, 0) is 6.42 Å². The van der Waals surface area contributed by atoms with Crippen molar-refractivity contribution in [2.75, 3.05) is 6.26 Å². The Labute approximate surface area is 129 Å². The van der Waals surface area contributed by atoms with E-state index in [1.165, 1.54) is 16.8 Å². The minimum absolute atomic E-state index is 0.979. The molecule has 0 unspecified atom stereocenters. The van der Waals surface area contributed by atoms with Gasteiger partial charge in [0.2, 0.25) is 0 Å². The first kappa shape index (κ1) is 14.0. The van der Waals surface area contributed by atoms with E-state index >= 15 is 0 Å². The maximum atomic E-state index is 4.83. The van der Waals surface area contributed by atoms with E-state index in [9.17, 15) is 0 Å². The van der Waals surface area contributed by atoms with Crippen molar-refractivity contribution in [2.24, 2.45) is 0 Å². The lowest BCUT2D eigenvalue weighted by atomic mass is 10.1. The zero-order valence-corrected chi connectivity index (χ0v) is 13.1. The Balaban J connectivity index is 2.27. The Morgan fingerprint density at radius 3 is 2.14 bits per heavy atom. The maximum Gasteiger partial charge on any atom is 0.122 e. The molecule has 106 valence electrons. The number of hydrogen-bond acceptors (Lipinski definition) is 2. The fourth-order valence-corrected chi connectivity index (χ4v) is 3.21. The molecular weight excluding hydrogens is 276 g/mol. The third kappa shape index (κ3) is 2.61. The van der Waals surface area contributed by atoms with Crippen molar-refractivity contribution in [3.63, 3.8) is 0 Å². The number of benzene rings is 2. The van der Waals surface area contributed by atoms with Crippen LogP contribution in [0.15, 0.2) is 65.7 Å². The van der Waals surface area contributed by atoms with Crippen LogP contribution in [0.25, 0.3) is 16.9 Å². The van der Waals surface area contributed by atoms with Crippen molar-refractivity contribution < 1.29 is 0 Å². The van der Waals surface area contributed by atoms with E-state index in [1.54, 1.807) is 11.8 Å². The summed E-state index contributed by atoms with van der Waals surface area (Å²) in [6.45, 7) is 2.19. The summed E-state index contributed by atoms with van der Waals surface area (Å²) in [5, 5.41) is 5.94. The second-order valence-electron chi connectivity index (χ2n) is 4.80. The fourth-order valence-electron chi connectivity index (χ4n) is 2.56. The molecule has 2 aromatic carbocycles. The molecule has 0 spiro atoms. The van der Waals surface area contributed by atoms with E-state index in [2.05, 4.69) is 66.4 Å². The molecule has 2 nitrogen and oxygen atoms in total. The summed E-state index contributed by atoms with van der Waals surface area (Å²) in [6, 6.07) is 20.8. The van der Waals surface area contributed by atoms with Gasteiger partial charge in [0.15, 0.2) is 0 Å². The molecule has 1 aromatic heterocycles. The lowest BCUT2D eigenvalue weighted by Crippen LogP contribution is -1.99. The van der Waals surface area contributed by atoms with Crippen molar-refractivity contribution in [1.82, 2.24) is 9.78 Å². The van der Waals surface area contributed by atoms with Gasteiger partial charge in [-0.05, 0) is 24.8 Å². The van der Waals surface area contributed by atoms with Crippen molar-refractivity contribution in [1.29, 1.82) is 0 Å². The van der Waals surface area contributed by atoms with E-state index in [4.69, 9.17) is 5.10 Å². The average Bonchev–Trinajstić information content (AvgIpc) is 2.95. The molecule has 0 fully saturated rings. The maximum absolute atomic E-state index is 4.83. The number of hydrogen-bond donors (Lipinski definition) is 0. The first-order valence-corrected chi connectivity index (χ1v) is 8.34. The van der Waals surface area contributed by atoms with Crippen LogP contribution in [0.1, 0.15) is 12.5 Å². The second-order valence-corrected chi connectivity index (χ2v) is 5.60. The van der Waals surface area contributed by atoms with Gasteiger partial charge in [-0.15, -0.1) is 11.8 Å². The van der Waals surface area contributed by atoms with Gasteiger partial charge < -0.3 is 0 Å². The van der Waals surface area contributed by atoms with Crippen LogP contribution in [-0.4, -0.2) is 16.0 Å². The highest BCUT2D eigenvalue weighted by Crippen LogP contribution is 2.33. The molecule has 0 atom stereocenters. The molecule has 0 N–H and O–H groups in total. The van der Waals surface area contributed by atoms with Crippen LogP contribution in [0, 0.1) is 0 Å². The van der Waals surface area contributed by atoms with Crippen molar-refractivity contribution in [3.05, 3.63) is 66.2 Å². The molecule has 3 aromatic rings. The number of nitrogens with zero attached hydrogens (tertiary/aromatic N) is 2. The zero-order valence-electron chi connectivity index (χ0n) is 12.3. The monoisotopic (exact) mass is 294 g/mol. The summed E-state index contributed by atoms with van der Waals surface area (Å²) in [7, 11) is 0. The minimum Gasteiger partial charge on any atom is -0.232 e. The van der Waals surface area contributed by atoms with Crippen LogP contribution in [0.4, 0.5) is 0 Å². The Kier molecular flexibility index (Phi) is 4.11. The Hall–Kier alpha value is -2.00. The van der Waals surface area contributed by atoms with Crippen molar-refractivity contribution in [3.8, 4) is 16.9 Å². The predicted molar refractivity (Wildman–Crippen MR) is 90.2 cm³/mol. The van der Waals surface area contributed by atoms with Gasteiger partial charge in [0.25, 0.3) is 0 Å². The summed E-state index contributed by atoms with van der Waals surface area (Å²) in [4.78, 5) is 0. The van der Waals surface area contributed by atoms with E-state index in [1.807, 2.05) is 12.1 Å². The molecule has 0 saturated heterocycles. The van der Waals surface area contributed by atoms with Crippen LogP contribution >= 0.6 is 11.8 Å². The largest absolute Gasteiger partial charge is 0.232 e. The topological polar surface area (TPSA) is 17.8 Å². The van der Waals surface area contributed by atoms with Gasteiger partial charge >= 0.3 is 0 Å². The third-order valence-corrected chi connectivity index (χ3v) is 4.26. The molecule has 0 saturated carbocycles. The van der Waals surface area contributed by atoms with Crippen LogP contribution in [0.5, 0.6) is 0 Å². The predicted octanol–water partition coefficient (Wildman–Crippen LogP) is 4.82. The van der Waals surface area contributed by atoms with Crippen molar-refractivity contribution in [2.45, 2.75) is 18.4 Å². The number of aromatic nitrogens is 2. The van der Waals surface area contributed by atoms with Crippen LogP contribution in [0.3, 0.4) is 0 Å². The first-order valence-electron chi connectivity index (χ1n) is 7.12. The molecule has 3 heteroatoms. The van der Waals surface area contributed by atoms with E-state index in [0.29, 0.717) is 0 Å². The molecule has 1 heterocycles. The summed E-state index contributed by atoms with van der Waals surface area (Å²) >= 11 is 1.71. The molecule has 0 bridgehead atoms. The minimum atomic E-state index is 0.979. The lowest BCUT2D eigenvalue weighted by Gasteiger charge is -2.09. The van der Waals surface area contributed by atoms with Crippen molar-refractivity contribution >= 4 is 11.8 Å². The van der Waals surface area contributed by atoms with E-state index in [0.717, 1.165) is 17.1 Å². The number of rotatable bonds is 4. The summed E-state index contributed by atoms with van der Waals surface area (Å²) in [6.07, 6.45) is 3.07. The molecule has 0 aliphatic carbocycles. The Bertz CT molecular complexity index is 718. The van der Waals surface area contributed by atoms with E-state index < -0.39 is 0 Å². The smallest absolute Gasteiger partial charge is 0.122 e. The van der Waals surface area contributed by atoms with Gasteiger partial charge in [0, 0.05) is 11.1 Å². The molecule has 0 radical (unpaired) electrons. The molecular formula is C18H18N2S. The van der Waals surface area contributed by atoms with Gasteiger partial charge in [-0.1, -0.05) is 55.5 Å². The van der Waals surface area contributed by atoms with Crippen LogP contribution < -0.4 is 0 Å². The van der Waals surface area contributed by atoms with Gasteiger partial charge in [0.1, 0.15) is 5.03 Å². The standard InChI is InChI=1S/C18H18N2S/c1-3-16-17(14-10-6-4-7-11-14)20(19-18(16)21-2)15-12-8-5-9-13-15/h4-13H,3H2,1-2H3. The highest BCUT2D eigenvalue weighted by molar-refractivity contribution is 7.98. The van der Waals surface area contributed by atoms with Gasteiger partial charge in [-0.2, -0.15) is 5.10 Å². The Morgan fingerprint density at radius 1 is 0.952 bits per heavy atom. The fraction of sp³-hybridized carbons (Fsp3) is 0.167. The third-order valence-electron chi connectivity index (χ3n) is 3.54. The molecule has 0 aliphatic rings. The summed E-state index contributed by atoms with van der Waals surface area (Å²) in [5.41, 5.74) is 4.84. The number of thioether (sulfide) groups is 1. The zero-order chi connectivity index (χ0) is 14.7. The quantitative estimate of drug-likeness (QED) is 0.642. The first-order chi connectivity index (χ1) is 10.3. The summed E-state index contributed by atoms with van der Waals surface area (Å²) in [5.74, 6) is 0. The van der Waals surface area contributed by atoms with E-state index in [-0.39, 0.29) is 0 Å². The average molecular weight is 294 g/mol. The highest BCUT2D eigenvalue weighted by atomic mass is 32.2. The summed E-state index contributed by atoms with van der Waals surface area (Å²) < 4.78 is 2.07. The highest BCUT2D eigenvalue weighted by Gasteiger charge is 2.18.